The number of carbonyl (C=O) groups is 2. The topological polar surface area (TPSA) is 105 Å². The minimum Gasteiger partial charge on any atom is -0.343 e. The summed E-state index contributed by atoms with van der Waals surface area (Å²) in [5, 5.41) is 3.37. The summed E-state index contributed by atoms with van der Waals surface area (Å²) in [7, 11) is -3.86. The molecule has 8 heteroatoms. The van der Waals surface area contributed by atoms with E-state index in [4.69, 9.17) is 0 Å². The van der Waals surface area contributed by atoms with E-state index in [0.717, 1.165) is 11.8 Å². The first-order valence-electron chi connectivity index (χ1n) is 9.17. The molecule has 7 nitrogen and oxygen atoms in total. The third-order valence-electron chi connectivity index (χ3n) is 4.36. The van der Waals surface area contributed by atoms with E-state index < -0.39 is 16.1 Å². The van der Waals surface area contributed by atoms with Crippen LogP contribution in [0.15, 0.2) is 65.7 Å². The van der Waals surface area contributed by atoms with Crippen LogP contribution in [0.4, 0.5) is 5.69 Å². The van der Waals surface area contributed by atoms with Gasteiger partial charge in [-0.1, -0.05) is 31.5 Å². The average molecular weight is 411 g/mol. The molecule has 0 saturated heterocycles. The van der Waals surface area contributed by atoms with Gasteiger partial charge in [0.05, 0.1) is 11.6 Å². The van der Waals surface area contributed by atoms with Gasteiger partial charge in [-0.25, -0.2) is 8.42 Å². The zero-order valence-electron chi connectivity index (χ0n) is 15.8. The summed E-state index contributed by atoms with van der Waals surface area (Å²) in [5.41, 5.74) is 1.03. The summed E-state index contributed by atoms with van der Waals surface area (Å²) < 4.78 is 28.2. The number of aromatic nitrogens is 1. The highest BCUT2D eigenvalue weighted by molar-refractivity contribution is 7.93. The fourth-order valence-corrected chi connectivity index (χ4v) is 4.17. The molecule has 0 fully saturated rings. The van der Waals surface area contributed by atoms with Crippen LogP contribution in [-0.2, 0) is 14.8 Å². The molecule has 1 aromatic heterocycles. The van der Waals surface area contributed by atoms with Crippen molar-refractivity contribution in [3.8, 4) is 0 Å². The number of amides is 1. The molecule has 1 atom stereocenters. The fraction of sp³-hybridized carbons (Fsp3) is 0.190. The van der Waals surface area contributed by atoms with Crippen LogP contribution in [0.3, 0.4) is 0 Å². The quantitative estimate of drug-likeness (QED) is 0.554. The van der Waals surface area contributed by atoms with Crippen LogP contribution in [-0.4, -0.2) is 31.6 Å². The van der Waals surface area contributed by atoms with Gasteiger partial charge in [-0.3, -0.25) is 14.5 Å². The molecule has 0 spiro atoms. The lowest BCUT2D eigenvalue weighted by Crippen LogP contribution is -2.35. The molecule has 1 heterocycles. The first-order valence-corrected chi connectivity index (χ1v) is 10.7. The van der Waals surface area contributed by atoms with Gasteiger partial charge < -0.3 is 10.1 Å². The van der Waals surface area contributed by atoms with Crippen molar-refractivity contribution in [2.75, 3.05) is 4.72 Å². The van der Waals surface area contributed by atoms with Gasteiger partial charge in [0, 0.05) is 22.8 Å². The van der Waals surface area contributed by atoms with Crippen LogP contribution >= 0.6 is 0 Å². The number of benzene rings is 2. The van der Waals surface area contributed by atoms with Gasteiger partial charge in [-0.2, -0.15) is 0 Å². The number of fused-ring (bicyclic) bond motifs is 1. The molecule has 2 N–H and O–H groups in total. The molecule has 0 aliphatic carbocycles. The number of rotatable bonds is 8. The molecule has 2 aromatic carbocycles. The second kappa shape index (κ2) is 8.83. The number of pyridine rings is 1. The Morgan fingerprint density at radius 3 is 2.52 bits per heavy atom. The number of hydrogen-bond donors (Lipinski definition) is 2. The van der Waals surface area contributed by atoms with Crippen molar-refractivity contribution < 1.29 is 18.0 Å². The highest BCUT2D eigenvalue weighted by atomic mass is 32.2. The summed E-state index contributed by atoms with van der Waals surface area (Å²) in [4.78, 5) is 27.5. The fourth-order valence-electron chi connectivity index (χ4n) is 2.93. The lowest BCUT2D eigenvalue weighted by atomic mass is 10.1. The summed E-state index contributed by atoms with van der Waals surface area (Å²) in [5.74, 6) is -0.386. The Morgan fingerprint density at radius 1 is 1.10 bits per heavy atom. The Kier molecular flexibility index (Phi) is 6.23. The molecule has 29 heavy (non-hydrogen) atoms. The van der Waals surface area contributed by atoms with E-state index in [-0.39, 0.29) is 10.8 Å². The van der Waals surface area contributed by atoms with E-state index in [1.54, 1.807) is 30.5 Å². The molecule has 150 valence electrons. The number of carbonyl (C=O) groups excluding carboxylic acids is 2. The second-order valence-corrected chi connectivity index (χ2v) is 8.17. The SMILES string of the molecule is CCCC(C=O)NC(=O)c1ccc(NS(=O)(=O)c2cccc3cccnc23)cc1. The van der Waals surface area contributed by atoms with Crippen LogP contribution in [0.25, 0.3) is 10.9 Å². The molecular weight excluding hydrogens is 390 g/mol. The molecular formula is C21H21N3O4S. The van der Waals surface area contributed by atoms with Gasteiger partial charge >= 0.3 is 0 Å². The zero-order valence-corrected chi connectivity index (χ0v) is 16.6. The molecule has 1 unspecified atom stereocenters. The van der Waals surface area contributed by atoms with E-state index in [2.05, 4.69) is 15.0 Å². The largest absolute Gasteiger partial charge is 0.343 e. The van der Waals surface area contributed by atoms with Gasteiger partial charge in [-0.05, 0) is 42.8 Å². The Balaban J connectivity index is 1.78. The first kappa shape index (κ1) is 20.5. The summed E-state index contributed by atoms with van der Waals surface area (Å²) in [6.07, 6.45) is 3.58. The Morgan fingerprint density at radius 2 is 1.83 bits per heavy atom. The van der Waals surface area contributed by atoms with Crippen molar-refractivity contribution in [1.82, 2.24) is 10.3 Å². The van der Waals surface area contributed by atoms with Gasteiger partial charge in [0.2, 0.25) is 0 Å². The Labute approximate surface area is 169 Å². The third-order valence-corrected chi connectivity index (χ3v) is 5.78. The summed E-state index contributed by atoms with van der Waals surface area (Å²) >= 11 is 0. The van der Waals surface area contributed by atoms with Gasteiger partial charge in [-0.15, -0.1) is 0 Å². The summed E-state index contributed by atoms with van der Waals surface area (Å²) in [6.45, 7) is 1.93. The predicted molar refractivity (Wildman–Crippen MR) is 111 cm³/mol. The van der Waals surface area contributed by atoms with Crippen molar-refractivity contribution in [3.05, 3.63) is 66.4 Å². The van der Waals surface area contributed by atoms with E-state index >= 15 is 0 Å². The molecule has 0 saturated carbocycles. The van der Waals surface area contributed by atoms with E-state index in [0.29, 0.717) is 29.5 Å². The maximum Gasteiger partial charge on any atom is 0.264 e. The number of sulfonamides is 1. The normalized spacial score (nSPS) is 12.3. The number of nitrogens with zero attached hydrogens (tertiary/aromatic N) is 1. The van der Waals surface area contributed by atoms with Gasteiger partial charge in [0.1, 0.15) is 11.2 Å². The highest BCUT2D eigenvalue weighted by Crippen LogP contribution is 2.23. The van der Waals surface area contributed by atoms with Crippen molar-refractivity contribution in [2.45, 2.75) is 30.7 Å². The average Bonchev–Trinajstić information content (AvgIpc) is 2.73. The molecule has 1 amide bonds. The van der Waals surface area contributed by atoms with E-state index in [1.165, 1.54) is 30.3 Å². The summed E-state index contributed by atoms with van der Waals surface area (Å²) in [6, 6.07) is 13.9. The lowest BCUT2D eigenvalue weighted by molar-refractivity contribution is -0.109. The molecule has 0 radical (unpaired) electrons. The maximum absolute atomic E-state index is 12.8. The molecule has 3 aromatic rings. The molecule has 0 aliphatic rings. The van der Waals surface area contributed by atoms with Crippen molar-refractivity contribution in [2.24, 2.45) is 0 Å². The van der Waals surface area contributed by atoms with Crippen LogP contribution < -0.4 is 10.0 Å². The standard InChI is InChI=1S/C21H21N3O4S/c1-2-5-18(14-25)23-21(26)16-9-11-17(12-10-16)24-29(27,28)19-8-3-6-15-7-4-13-22-20(15)19/h3-4,6-14,18,24H,2,5H2,1H3,(H,23,26). The van der Waals surface area contributed by atoms with Crippen LogP contribution in [0.5, 0.6) is 0 Å². The minimum absolute atomic E-state index is 0.0748. The number of para-hydroxylation sites is 1. The number of aldehydes is 1. The monoisotopic (exact) mass is 411 g/mol. The molecule has 0 bridgehead atoms. The lowest BCUT2D eigenvalue weighted by Gasteiger charge is -2.13. The van der Waals surface area contributed by atoms with Crippen molar-refractivity contribution in [1.29, 1.82) is 0 Å². The van der Waals surface area contributed by atoms with Gasteiger partial charge in [0.15, 0.2) is 0 Å². The van der Waals surface area contributed by atoms with E-state index in [1.807, 2.05) is 6.92 Å². The molecule has 0 aliphatic heterocycles. The maximum atomic E-state index is 12.8. The van der Waals surface area contributed by atoms with E-state index in [9.17, 15) is 18.0 Å². The first-order chi connectivity index (χ1) is 13.9. The van der Waals surface area contributed by atoms with Gasteiger partial charge in [0.25, 0.3) is 15.9 Å². The number of nitrogens with one attached hydrogen (secondary N) is 2. The van der Waals surface area contributed by atoms with Crippen LogP contribution in [0.2, 0.25) is 0 Å². The minimum atomic E-state index is -3.86. The van der Waals surface area contributed by atoms with Crippen LogP contribution in [0.1, 0.15) is 30.1 Å². The van der Waals surface area contributed by atoms with Crippen molar-refractivity contribution >= 4 is 38.8 Å². The number of anilines is 1. The zero-order chi connectivity index (χ0) is 20.9. The number of hydrogen-bond acceptors (Lipinski definition) is 5. The molecule has 3 rings (SSSR count). The predicted octanol–water partition coefficient (Wildman–Crippen LogP) is 3.13. The Hall–Kier alpha value is -3.26. The second-order valence-electron chi connectivity index (χ2n) is 6.52. The Bertz CT molecular complexity index is 1120. The highest BCUT2D eigenvalue weighted by Gasteiger charge is 2.19. The smallest absolute Gasteiger partial charge is 0.264 e. The van der Waals surface area contributed by atoms with Crippen molar-refractivity contribution in [3.63, 3.8) is 0 Å². The third kappa shape index (κ3) is 4.78. The van der Waals surface area contributed by atoms with Crippen LogP contribution in [0, 0.1) is 0 Å².